The second kappa shape index (κ2) is 11.0. The van der Waals surface area contributed by atoms with Crippen molar-refractivity contribution in [3.05, 3.63) is 75.1 Å². The summed E-state index contributed by atoms with van der Waals surface area (Å²) in [6.45, 7) is 3.64. The Morgan fingerprint density at radius 1 is 1.12 bits per heavy atom. The molecule has 0 aliphatic carbocycles. The number of amides is 1. The summed E-state index contributed by atoms with van der Waals surface area (Å²) in [4.78, 5) is 36.6. The third-order valence-electron chi connectivity index (χ3n) is 5.51. The second-order valence-corrected chi connectivity index (χ2v) is 8.75. The number of ether oxygens (including phenoxy) is 1. The number of aliphatic carboxylic acids is 1. The van der Waals surface area contributed by atoms with Crippen molar-refractivity contribution in [2.45, 2.75) is 38.5 Å². The van der Waals surface area contributed by atoms with Gasteiger partial charge in [-0.25, -0.2) is 9.59 Å². The number of nitrogens with one attached hydrogen (secondary N) is 1. The number of carboxylic acids is 1. The molecule has 0 fully saturated rings. The maximum absolute atomic E-state index is 12.6. The van der Waals surface area contributed by atoms with Crippen molar-refractivity contribution >= 4 is 34.6 Å². The number of carbonyl (C=O) groups is 2. The summed E-state index contributed by atoms with van der Waals surface area (Å²) in [7, 11) is 1.55. The van der Waals surface area contributed by atoms with Crippen molar-refractivity contribution in [1.29, 1.82) is 0 Å². The second-order valence-electron chi connectivity index (χ2n) is 7.72. The fourth-order valence-corrected chi connectivity index (χ4v) is 4.64. The quantitative estimate of drug-likeness (QED) is 0.435. The first-order chi connectivity index (χ1) is 15.8. The molecule has 1 amide bonds. The minimum atomic E-state index is -1.09. The van der Waals surface area contributed by atoms with E-state index in [0.717, 1.165) is 22.1 Å². The van der Waals surface area contributed by atoms with Gasteiger partial charge in [0.05, 0.1) is 7.11 Å². The molecule has 1 heterocycles. The van der Waals surface area contributed by atoms with E-state index in [1.54, 1.807) is 7.11 Å². The Kier molecular flexibility index (Phi) is 8.16. The molecule has 7 nitrogen and oxygen atoms in total. The van der Waals surface area contributed by atoms with E-state index in [9.17, 15) is 19.5 Å². The van der Waals surface area contributed by atoms with Crippen molar-refractivity contribution in [3.8, 4) is 5.75 Å². The lowest BCUT2D eigenvalue weighted by atomic mass is 10.00. The Labute approximate surface area is 196 Å². The van der Waals surface area contributed by atoms with Gasteiger partial charge in [0, 0.05) is 34.4 Å². The number of fused-ring (bicyclic) bond motifs is 1. The van der Waals surface area contributed by atoms with Crippen LogP contribution in [0.1, 0.15) is 28.7 Å². The lowest BCUT2D eigenvalue weighted by Gasteiger charge is -2.15. The Morgan fingerprint density at radius 3 is 2.52 bits per heavy atom. The number of methoxy groups -OCH3 is 1. The van der Waals surface area contributed by atoms with Crippen LogP contribution in [0.3, 0.4) is 0 Å². The van der Waals surface area contributed by atoms with Crippen LogP contribution >= 0.6 is 11.8 Å². The molecule has 0 bridgehead atoms. The molecule has 8 heteroatoms. The van der Waals surface area contributed by atoms with E-state index in [-0.39, 0.29) is 18.6 Å². The monoisotopic (exact) mass is 469 g/mol. The molecule has 2 aromatic carbocycles. The number of aryl methyl sites for hydroxylation is 2. The molecule has 0 aliphatic rings. The number of carboxylic acid groups (broad SMARTS) is 1. The van der Waals surface area contributed by atoms with Crippen LogP contribution in [-0.2, 0) is 21.8 Å². The molecule has 0 spiro atoms. The molecular weight excluding hydrogens is 442 g/mol. The molecule has 33 heavy (non-hydrogen) atoms. The molecule has 0 aliphatic heterocycles. The maximum Gasteiger partial charge on any atom is 0.339 e. The molecule has 0 unspecified atom stereocenters. The van der Waals surface area contributed by atoms with E-state index < -0.39 is 23.5 Å². The highest BCUT2D eigenvalue weighted by Crippen LogP contribution is 2.29. The minimum Gasteiger partial charge on any atom is -0.496 e. The SMILES string of the molecule is COc1ccc2c(C)c(CCC(=O)N[C@@H](CSCc3ccccc3)C(=O)O)c(=O)oc2c1C. The first-order valence-corrected chi connectivity index (χ1v) is 11.7. The van der Waals surface area contributed by atoms with E-state index in [2.05, 4.69) is 5.32 Å². The fourth-order valence-electron chi connectivity index (χ4n) is 3.63. The van der Waals surface area contributed by atoms with Crippen molar-refractivity contribution < 1.29 is 23.8 Å². The number of benzene rings is 2. The number of hydrogen-bond acceptors (Lipinski definition) is 6. The fraction of sp³-hybridized carbons (Fsp3) is 0.320. The Bertz CT molecular complexity index is 1200. The van der Waals surface area contributed by atoms with Crippen molar-refractivity contribution in [2.24, 2.45) is 0 Å². The van der Waals surface area contributed by atoms with Crippen LogP contribution in [0.15, 0.2) is 51.7 Å². The van der Waals surface area contributed by atoms with E-state index in [4.69, 9.17) is 9.15 Å². The molecule has 0 saturated heterocycles. The lowest BCUT2D eigenvalue weighted by Crippen LogP contribution is -2.42. The van der Waals surface area contributed by atoms with Crippen LogP contribution in [0.4, 0.5) is 0 Å². The minimum absolute atomic E-state index is 0.0145. The molecular formula is C25H27NO6S. The van der Waals surface area contributed by atoms with E-state index in [0.29, 0.717) is 22.6 Å². The van der Waals surface area contributed by atoms with Gasteiger partial charge >= 0.3 is 11.6 Å². The van der Waals surface area contributed by atoms with E-state index >= 15 is 0 Å². The van der Waals surface area contributed by atoms with Gasteiger partial charge in [-0.15, -0.1) is 0 Å². The highest BCUT2D eigenvalue weighted by atomic mass is 32.2. The topological polar surface area (TPSA) is 106 Å². The first-order valence-electron chi connectivity index (χ1n) is 10.6. The average molecular weight is 470 g/mol. The molecule has 2 N–H and O–H groups in total. The molecule has 0 radical (unpaired) electrons. The van der Waals surface area contributed by atoms with Gasteiger partial charge in [0.2, 0.25) is 5.91 Å². The van der Waals surface area contributed by atoms with Gasteiger partial charge in [0.25, 0.3) is 0 Å². The van der Waals surface area contributed by atoms with E-state index in [1.807, 2.05) is 56.3 Å². The zero-order valence-electron chi connectivity index (χ0n) is 18.8. The third kappa shape index (κ3) is 5.96. The van der Waals surface area contributed by atoms with Crippen LogP contribution in [0.25, 0.3) is 11.0 Å². The number of hydrogen-bond donors (Lipinski definition) is 2. The average Bonchev–Trinajstić information content (AvgIpc) is 2.79. The number of carbonyl (C=O) groups excluding carboxylic acids is 1. The highest BCUT2D eigenvalue weighted by Gasteiger charge is 2.21. The molecule has 0 saturated carbocycles. The predicted molar refractivity (Wildman–Crippen MR) is 129 cm³/mol. The van der Waals surface area contributed by atoms with Gasteiger partial charge in [-0.3, -0.25) is 4.79 Å². The smallest absolute Gasteiger partial charge is 0.339 e. The maximum atomic E-state index is 12.6. The number of thioether (sulfide) groups is 1. The predicted octanol–water partition coefficient (Wildman–Crippen LogP) is 3.85. The molecule has 1 atom stereocenters. The molecule has 174 valence electrons. The summed E-state index contributed by atoms with van der Waals surface area (Å²) in [6, 6.07) is 12.3. The third-order valence-corrected chi connectivity index (χ3v) is 6.61. The summed E-state index contributed by atoms with van der Waals surface area (Å²) in [6.07, 6.45) is 0.143. The van der Waals surface area contributed by atoms with Crippen LogP contribution in [0, 0.1) is 13.8 Å². The normalized spacial score (nSPS) is 11.8. The van der Waals surface area contributed by atoms with Crippen LogP contribution in [-0.4, -0.2) is 35.9 Å². The Balaban J connectivity index is 1.64. The van der Waals surface area contributed by atoms with E-state index in [1.165, 1.54) is 11.8 Å². The zero-order chi connectivity index (χ0) is 24.0. The zero-order valence-corrected chi connectivity index (χ0v) is 19.7. The van der Waals surface area contributed by atoms with Gasteiger partial charge < -0.3 is 19.6 Å². The van der Waals surface area contributed by atoms with Crippen LogP contribution in [0.5, 0.6) is 5.75 Å². The molecule has 3 aromatic rings. The van der Waals surface area contributed by atoms with Gasteiger partial charge in [0.1, 0.15) is 17.4 Å². The Morgan fingerprint density at radius 2 is 1.85 bits per heavy atom. The molecule has 1 aromatic heterocycles. The van der Waals surface area contributed by atoms with Crippen molar-refractivity contribution in [2.75, 3.05) is 12.9 Å². The summed E-state index contributed by atoms with van der Waals surface area (Å²) in [5.74, 6) is 0.0141. The summed E-state index contributed by atoms with van der Waals surface area (Å²) in [5.41, 5.74) is 2.94. The van der Waals surface area contributed by atoms with Gasteiger partial charge in [-0.05, 0) is 43.5 Å². The van der Waals surface area contributed by atoms with Crippen molar-refractivity contribution in [1.82, 2.24) is 5.32 Å². The number of rotatable bonds is 10. The van der Waals surface area contributed by atoms with Crippen molar-refractivity contribution in [3.63, 3.8) is 0 Å². The first kappa shape index (κ1) is 24.4. The Hall–Kier alpha value is -3.26. The highest BCUT2D eigenvalue weighted by molar-refractivity contribution is 7.98. The van der Waals surface area contributed by atoms with Gasteiger partial charge in [-0.1, -0.05) is 30.3 Å². The van der Waals surface area contributed by atoms with Crippen LogP contribution < -0.4 is 15.7 Å². The van der Waals surface area contributed by atoms with Crippen LogP contribution in [0.2, 0.25) is 0 Å². The largest absolute Gasteiger partial charge is 0.496 e. The summed E-state index contributed by atoms with van der Waals surface area (Å²) in [5, 5.41) is 12.8. The summed E-state index contributed by atoms with van der Waals surface area (Å²) >= 11 is 1.44. The lowest BCUT2D eigenvalue weighted by molar-refractivity contribution is -0.141. The van der Waals surface area contributed by atoms with Gasteiger partial charge in [-0.2, -0.15) is 11.8 Å². The standard InChI is InChI=1S/C25H27NO6S/c1-15-18-9-11-21(31-3)16(2)23(18)32-25(30)19(15)10-12-22(27)26-20(24(28)29)14-33-13-17-7-5-4-6-8-17/h4-9,11,20H,10,12-14H2,1-3H3,(H,26,27)(H,28,29)/t20-/m0/s1. The summed E-state index contributed by atoms with van der Waals surface area (Å²) < 4.78 is 10.8. The van der Waals surface area contributed by atoms with Gasteiger partial charge in [0.15, 0.2) is 0 Å². The molecule has 3 rings (SSSR count).